The summed E-state index contributed by atoms with van der Waals surface area (Å²) in [6.07, 6.45) is 1.79. The van der Waals surface area contributed by atoms with E-state index >= 15 is 0 Å². The van der Waals surface area contributed by atoms with Crippen molar-refractivity contribution < 1.29 is 0 Å². The van der Waals surface area contributed by atoms with E-state index in [1.54, 1.807) is 6.20 Å². The van der Waals surface area contributed by atoms with Crippen LogP contribution in [0.3, 0.4) is 0 Å². The summed E-state index contributed by atoms with van der Waals surface area (Å²) in [6.45, 7) is 2.04. The first-order chi connectivity index (χ1) is 10.6. The van der Waals surface area contributed by atoms with Crippen LogP contribution in [-0.2, 0) is 0 Å². The van der Waals surface area contributed by atoms with E-state index in [-0.39, 0.29) is 0 Å². The average Bonchev–Trinajstić information content (AvgIpc) is 2.52. The highest BCUT2D eigenvalue weighted by Gasteiger charge is 2.02. The van der Waals surface area contributed by atoms with Gasteiger partial charge in [-0.15, -0.1) is 5.11 Å². The molecule has 22 heavy (non-hydrogen) atoms. The van der Waals surface area contributed by atoms with Crippen molar-refractivity contribution in [2.24, 2.45) is 10.2 Å². The molecule has 110 valence electrons. The molecule has 0 atom stereocenters. The van der Waals surface area contributed by atoms with E-state index in [1.165, 1.54) is 0 Å². The van der Waals surface area contributed by atoms with Gasteiger partial charge >= 0.3 is 0 Å². The van der Waals surface area contributed by atoms with Gasteiger partial charge in [-0.05, 0) is 61.0 Å². The van der Waals surface area contributed by atoms with E-state index in [2.05, 4.69) is 26.2 Å². The zero-order valence-electron chi connectivity index (χ0n) is 13.0. The van der Waals surface area contributed by atoms with Crippen molar-refractivity contribution in [2.45, 2.75) is 6.92 Å². The summed E-state index contributed by atoms with van der Waals surface area (Å²) < 4.78 is 0. The molecule has 1 heterocycles. The molecule has 0 bridgehead atoms. The molecule has 0 spiro atoms. The van der Waals surface area contributed by atoms with Gasteiger partial charge in [-0.2, -0.15) is 5.11 Å². The average molecular weight is 290 g/mol. The van der Waals surface area contributed by atoms with E-state index < -0.39 is 0 Å². The number of pyridine rings is 1. The van der Waals surface area contributed by atoms with Crippen molar-refractivity contribution in [1.29, 1.82) is 0 Å². The number of fused-ring (bicyclic) bond motifs is 1. The Hall–Kier alpha value is -2.75. The molecule has 0 aliphatic heterocycles. The molecule has 0 amide bonds. The van der Waals surface area contributed by atoms with Crippen molar-refractivity contribution in [3.05, 3.63) is 60.3 Å². The lowest BCUT2D eigenvalue weighted by Crippen LogP contribution is -2.07. The molecule has 1 aromatic heterocycles. The fraction of sp³-hybridized carbons (Fsp3) is 0.167. The van der Waals surface area contributed by atoms with Crippen LogP contribution in [0.2, 0.25) is 0 Å². The third kappa shape index (κ3) is 2.96. The minimum atomic E-state index is 0.837. The fourth-order valence-corrected chi connectivity index (χ4v) is 2.31. The maximum Gasteiger partial charge on any atom is 0.0953 e. The molecule has 0 aliphatic rings. The quantitative estimate of drug-likeness (QED) is 0.635. The Morgan fingerprint density at radius 2 is 1.73 bits per heavy atom. The highest BCUT2D eigenvalue weighted by molar-refractivity contribution is 5.90. The van der Waals surface area contributed by atoms with Crippen LogP contribution >= 0.6 is 0 Å². The van der Waals surface area contributed by atoms with Gasteiger partial charge in [0.2, 0.25) is 0 Å². The lowest BCUT2D eigenvalue weighted by molar-refractivity contribution is 1.13. The van der Waals surface area contributed by atoms with Gasteiger partial charge < -0.3 is 4.90 Å². The second kappa shape index (κ2) is 5.93. The minimum Gasteiger partial charge on any atom is -0.378 e. The lowest BCUT2D eigenvalue weighted by Gasteiger charge is -2.11. The molecule has 2 aromatic carbocycles. The standard InChI is InChI=1S/C18H18N4/c1-13-11-17-16(5-4-10-19-17)18(12-13)21-20-14-6-8-15(9-7-14)22(2)3/h4-12H,1-3H3. The molecule has 0 N–H and O–H groups in total. The van der Waals surface area contributed by atoms with Gasteiger partial charge in [-0.25, -0.2) is 0 Å². The topological polar surface area (TPSA) is 40.9 Å². The summed E-state index contributed by atoms with van der Waals surface area (Å²) in [6, 6.07) is 16.0. The molecule has 4 heteroatoms. The molecule has 0 radical (unpaired) electrons. The van der Waals surface area contributed by atoms with Crippen LogP contribution in [0.1, 0.15) is 5.56 Å². The van der Waals surface area contributed by atoms with Crippen molar-refractivity contribution in [3.63, 3.8) is 0 Å². The van der Waals surface area contributed by atoms with E-state index in [9.17, 15) is 0 Å². The Labute approximate surface area is 130 Å². The van der Waals surface area contributed by atoms with E-state index in [1.807, 2.05) is 63.5 Å². The second-order valence-corrected chi connectivity index (χ2v) is 5.46. The molecule has 0 unspecified atom stereocenters. The lowest BCUT2D eigenvalue weighted by atomic mass is 10.1. The third-order valence-corrected chi connectivity index (χ3v) is 3.48. The van der Waals surface area contributed by atoms with Crippen LogP contribution < -0.4 is 4.90 Å². The molecular formula is C18H18N4. The number of hydrogen-bond donors (Lipinski definition) is 0. The SMILES string of the molecule is Cc1cc(N=Nc2ccc(N(C)C)cc2)c2cccnc2c1. The predicted molar refractivity (Wildman–Crippen MR) is 91.4 cm³/mol. The molecule has 0 fully saturated rings. The Bertz CT molecular complexity index is 820. The summed E-state index contributed by atoms with van der Waals surface area (Å²) in [7, 11) is 4.03. The maximum absolute atomic E-state index is 4.41. The Balaban J connectivity index is 1.95. The number of rotatable bonds is 3. The molecule has 3 rings (SSSR count). The van der Waals surface area contributed by atoms with Crippen LogP contribution in [0.15, 0.2) is 65.0 Å². The summed E-state index contributed by atoms with van der Waals surface area (Å²) in [5.74, 6) is 0. The van der Waals surface area contributed by atoms with Crippen LogP contribution in [0.25, 0.3) is 10.9 Å². The largest absolute Gasteiger partial charge is 0.378 e. The number of nitrogens with zero attached hydrogens (tertiary/aromatic N) is 4. The van der Waals surface area contributed by atoms with Crippen LogP contribution in [-0.4, -0.2) is 19.1 Å². The number of aryl methyl sites for hydroxylation is 1. The number of aromatic nitrogens is 1. The second-order valence-electron chi connectivity index (χ2n) is 5.46. The van der Waals surface area contributed by atoms with Gasteiger partial charge in [0.05, 0.1) is 16.9 Å². The normalized spacial score (nSPS) is 11.2. The molecule has 0 saturated carbocycles. The maximum atomic E-state index is 4.41. The van der Waals surface area contributed by atoms with Crippen molar-refractivity contribution in [3.8, 4) is 0 Å². The summed E-state index contributed by atoms with van der Waals surface area (Å²) in [5, 5.41) is 9.77. The molecule has 0 saturated heterocycles. The number of anilines is 1. The summed E-state index contributed by atoms with van der Waals surface area (Å²) >= 11 is 0. The van der Waals surface area contributed by atoms with Crippen molar-refractivity contribution in [1.82, 2.24) is 4.98 Å². The predicted octanol–water partition coefficient (Wildman–Crippen LogP) is 5.02. The first-order valence-corrected chi connectivity index (χ1v) is 7.18. The van der Waals surface area contributed by atoms with Gasteiger partial charge in [0.25, 0.3) is 0 Å². The van der Waals surface area contributed by atoms with E-state index in [0.717, 1.165) is 33.5 Å². The smallest absolute Gasteiger partial charge is 0.0953 e. The van der Waals surface area contributed by atoms with E-state index in [4.69, 9.17) is 0 Å². The molecule has 4 nitrogen and oxygen atoms in total. The fourth-order valence-electron chi connectivity index (χ4n) is 2.31. The first-order valence-electron chi connectivity index (χ1n) is 7.18. The highest BCUT2D eigenvalue weighted by Crippen LogP contribution is 2.28. The summed E-state index contributed by atoms with van der Waals surface area (Å²) in [5.41, 5.74) is 4.90. The Kier molecular flexibility index (Phi) is 3.83. The van der Waals surface area contributed by atoms with Gasteiger partial charge in [0, 0.05) is 31.4 Å². The van der Waals surface area contributed by atoms with Gasteiger partial charge in [-0.1, -0.05) is 0 Å². The van der Waals surface area contributed by atoms with Crippen LogP contribution in [0, 0.1) is 6.92 Å². The Morgan fingerprint density at radius 3 is 2.45 bits per heavy atom. The number of hydrogen-bond acceptors (Lipinski definition) is 4. The third-order valence-electron chi connectivity index (χ3n) is 3.48. The number of azo groups is 1. The zero-order chi connectivity index (χ0) is 15.5. The first kappa shape index (κ1) is 14.2. The molecular weight excluding hydrogens is 272 g/mol. The van der Waals surface area contributed by atoms with Gasteiger partial charge in [-0.3, -0.25) is 4.98 Å². The summed E-state index contributed by atoms with van der Waals surface area (Å²) in [4.78, 5) is 6.44. The molecule has 0 aliphatic carbocycles. The van der Waals surface area contributed by atoms with Gasteiger partial charge in [0.1, 0.15) is 0 Å². The highest BCUT2D eigenvalue weighted by atomic mass is 15.1. The van der Waals surface area contributed by atoms with Gasteiger partial charge in [0.15, 0.2) is 0 Å². The number of benzene rings is 2. The van der Waals surface area contributed by atoms with E-state index in [0.29, 0.717) is 0 Å². The van der Waals surface area contributed by atoms with Crippen LogP contribution in [0.5, 0.6) is 0 Å². The molecule has 3 aromatic rings. The Morgan fingerprint density at radius 1 is 0.955 bits per heavy atom. The monoisotopic (exact) mass is 290 g/mol. The minimum absolute atomic E-state index is 0.837. The zero-order valence-corrected chi connectivity index (χ0v) is 13.0. The van der Waals surface area contributed by atoms with Crippen LogP contribution in [0.4, 0.5) is 17.1 Å². The van der Waals surface area contributed by atoms with Crippen molar-refractivity contribution >= 4 is 28.0 Å². The van der Waals surface area contributed by atoms with Crippen molar-refractivity contribution in [2.75, 3.05) is 19.0 Å².